The van der Waals surface area contributed by atoms with Crippen LogP contribution in [0.5, 0.6) is 0 Å². The molecule has 0 bridgehead atoms. The molecule has 0 aliphatic heterocycles. The van der Waals surface area contributed by atoms with E-state index in [9.17, 15) is 0 Å². The van der Waals surface area contributed by atoms with Crippen molar-refractivity contribution in [1.29, 1.82) is 0 Å². The number of nitrogens with zero attached hydrogens (tertiary/aromatic N) is 3. The van der Waals surface area contributed by atoms with E-state index in [-0.39, 0.29) is 11.3 Å². The molecule has 1 unspecified atom stereocenters. The van der Waals surface area contributed by atoms with Crippen LogP contribution in [0.4, 0.5) is 0 Å². The van der Waals surface area contributed by atoms with Crippen molar-refractivity contribution in [3.8, 4) is 0 Å². The smallest absolute Gasteiger partial charge is 0.231 e. The van der Waals surface area contributed by atoms with Crippen LogP contribution in [0.3, 0.4) is 0 Å². The topological polar surface area (TPSA) is 68.2 Å². The Hall–Kier alpha value is -0.940. The lowest BCUT2D eigenvalue weighted by molar-refractivity contribution is 0.284. The molecule has 116 valence electrons. The summed E-state index contributed by atoms with van der Waals surface area (Å²) < 4.78 is 5.40. The van der Waals surface area contributed by atoms with Crippen LogP contribution in [0.1, 0.15) is 58.7 Å². The molecule has 0 saturated heterocycles. The van der Waals surface area contributed by atoms with Gasteiger partial charge in [-0.3, -0.25) is 0 Å². The number of rotatable bonds is 8. The fourth-order valence-corrected chi connectivity index (χ4v) is 2.34. The van der Waals surface area contributed by atoms with Crippen molar-refractivity contribution >= 4 is 0 Å². The van der Waals surface area contributed by atoms with Gasteiger partial charge in [0.05, 0.1) is 5.92 Å². The van der Waals surface area contributed by atoms with Crippen LogP contribution in [0, 0.1) is 5.41 Å². The Morgan fingerprint density at radius 2 is 1.90 bits per heavy atom. The SMILES string of the molecule is CCN(CC)CCc1noc(C(CN)CC(C)(C)C)n1. The lowest BCUT2D eigenvalue weighted by Gasteiger charge is -2.22. The molecule has 20 heavy (non-hydrogen) atoms. The second kappa shape index (κ2) is 7.74. The molecule has 0 saturated carbocycles. The van der Waals surface area contributed by atoms with Crippen molar-refractivity contribution in [3.05, 3.63) is 11.7 Å². The van der Waals surface area contributed by atoms with Crippen LogP contribution in [0.25, 0.3) is 0 Å². The molecule has 5 nitrogen and oxygen atoms in total. The van der Waals surface area contributed by atoms with E-state index in [1.165, 1.54) is 0 Å². The maximum absolute atomic E-state index is 5.85. The zero-order valence-electron chi connectivity index (χ0n) is 13.6. The van der Waals surface area contributed by atoms with Crippen LogP contribution in [-0.4, -0.2) is 41.2 Å². The van der Waals surface area contributed by atoms with Crippen molar-refractivity contribution < 1.29 is 4.52 Å². The first-order valence-electron chi connectivity index (χ1n) is 7.64. The van der Waals surface area contributed by atoms with Crippen molar-refractivity contribution in [2.45, 2.75) is 53.4 Å². The van der Waals surface area contributed by atoms with E-state index >= 15 is 0 Å². The van der Waals surface area contributed by atoms with Gasteiger partial charge in [-0.2, -0.15) is 4.98 Å². The van der Waals surface area contributed by atoms with E-state index in [2.05, 4.69) is 49.7 Å². The van der Waals surface area contributed by atoms with Crippen molar-refractivity contribution in [2.75, 3.05) is 26.2 Å². The Bertz CT molecular complexity index is 379. The zero-order chi connectivity index (χ0) is 15.2. The van der Waals surface area contributed by atoms with E-state index < -0.39 is 0 Å². The third-order valence-electron chi connectivity index (χ3n) is 3.52. The molecule has 0 aromatic carbocycles. The van der Waals surface area contributed by atoms with Gasteiger partial charge in [0.2, 0.25) is 5.89 Å². The van der Waals surface area contributed by atoms with Gasteiger partial charge < -0.3 is 15.2 Å². The van der Waals surface area contributed by atoms with Gasteiger partial charge in [0.25, 0.3) is 0 Å². The Labute approximate surface area is 122 Å². The van der Waals surface area contributed by atoms with E-state index in [4.69, 9.17) is 10.3 Å². The number of hydrogen-bond donors (Lipinski definition) is 1. The van der Waals surface area contributed by atoms with Crippen LogP contribution in [-0.2, 0) is 6.42 Å². The fourth-order valence-electron chi connectivity index (χ4n) is 2.34. The number of nitrogens with two attached hydrogens (primary N) is 1. The van der Waals surface area contributed by atoms with Crippen LogP contribution in [0.15, 0.2) is 4.52 Å². The number of likely N-dealkylation sites (N-methyl/N-ethyl adjacent to an activating group) is 1. The first-order chi connectivity index (χ1) is 9.39. The Morgan fingerprint density at radius 1 is 1.25 bits per heavy atom. The average molecular weight is 282 g/mol. The molecule has 1 aromatic rings. The maximum Gasteiger partial charge on any atom is 0.231 e. The molecule has 0 amide bonds. The minimum atomic E-state index is 0.157. The first kappa shape index (κ1) is 17.1. The van der Waals surface area contributed by atoms with Crippen molar-refractivity contribution in [1.82, 2.24) is 15.0 Å². The maximum atomic E-state index is 5.85. The summed E-state index contributed by atoms with van der Waals surface area (Å²) in [5.41, 5.74) is 6.06. The lowest BCUT2D eigenvalue weighted by atomic mass is 9.84. The lowest BCUT2D eigenvalue weighted by Crippen LogP contribution is -2.25. The van der Waals surface area contributed by atoms with Crippen LogP contribution < -0.4 is 5.73 Å². The monoisotopic (exact) mass is 282 g/mol. The number of hydrogen-bond acceptors (Lipinski definition) is 5. The molecular weight excluding hydrogens is 252 g/mol. The van der Waals surface area contributed by atoms with Gasteiger partial charge in [0.1, 0.15) is 0 Å². The van der Waals surface area contributed by atoms with Crippen molar-refractivity contribution in [2.24, 2.45) is 11.1 Å². The minimum Gasteiger partial charge on any atom is -0.339 e. The van der Waals surface area contributed by atoms with Gasteiger partial charge in [-0.15, -0.1) is 0 Å². The highest BCUT2D eigenvalue weighted by atomic mass is 16.5. The Kier molecular flexibility index (Phi) is 6.62. The summed E-state index contributed by atoms with van der Waals surface area (Å²) in [5, 5.41) is 4.09. The minimum absolute atomic E-state index is 0.157. The largest absolute Gasteiger partial charge is 0.339 e. The standard InChI is InChI=1S/C15H30N4O/c1-6-19(7-2)9-8-13-17-14(20-18-13)12(11-16)10-15(3,4)5/h12H,6-11,16H2,1-5H3. The molecule has 1 aromatic heterocycles. The average Bonchev–Trinajstić information content (AvgIpc) is 2.85. The van der Waals surface area contributed by atoms with E-state index in [1.54, 1.807) is 0 Å². The molecule has 1 rings (SSSR count). The normalized spacial score (nSPS) is 13.9. The molecule has 2 N–H and O–H groups in total. The second-order valence-corrected chi connectivity index (χ2v) is 6.52. The van der Waals surface area contributed by atoms with Gasteiger partial charge >= 0.3 is 0 Å². The summed E-state index contributed by atoms with van der Waals surface area (Å²) in [6, 6.07) is 0. The zero-order valence-corrected chi connectivity index (χ0v) is 13.6. The highest BCUT2D eigenvalue weighted by Crippen LogP contribution is 2.29. The summed E-state index contributed by atoms with van der Waals surface area (Å²) in [7, 11) is 0. The van der Waals surface area contributed by atoms with Crippen molar-refractivity contribution in [3.63, 3.8) is 0 Å². The first-order valence-corrected chi connectivity index (χ1v) is 7.64. The molecular formula is C15H30N4O. The molecule has 5 heteroatoms. The van der Waals surface area contributed by atoms with E-state index in [0.29, 0.717) is 12.4 Å². The second-order valence-electron chi connectivity index (χ2n) is 6.52. The van der Waals surface area contributed by atoms with Crippen LogP contribution in [0.2, 0.25) is 0 Å². The van der Waals surface area contributed by atoms with Gasteiger partial charge in [-0.05, 0) is 24.9 Å². The fraction of sp³-hybridized carbons (Fsp3) is 0.867. The summed E-state index contributed by atoms with van der Waals surface area (Å²) in [6.45, 7) is 14.6. The highest BCUT2D eigenvalue weighted by Gasteiger charge is 2.24. The molecule has 0 fully saturated rings. The molecule has 0 aliphatic carbocycles. The number of aromatic nitrogens is 2. The highest BCUT2D eigenvalue weighted by molar-refractivity contribution is 4.96. The molecule has 1 atom stereocenters. The molecule has 0 radical (unpaired) electrons. The molecule has 1 heterocycles. The summed E-state index contributed by atoms with van der Waals surface area (Å²) in [5.74, 6) is 1.64. The summed E-state index contributed by atoms with van der Waals surface area (Å²) >= 11 is 0. The van der Waals surface area contributed by atoms with Gasteiger partial charge in [-0.25, -0.2) is 0 Å². The summed E-state index contributed by atoms with van der Waals surface area (Å²) in [4.78, 5) is 6.87. The molecule has 0 spiro atoms. The van der Waals surface area contributed by atoms with Gasteiger partial charge in [-0.1, -0.05) is 39.8 Å². The Morgan fingerprint density at radius 3 is 2.40 bits per heavy atom. The Balaban J connectivity index is 2.61. The quantitative estimate of drug-likeness (QED) is 0.793. The third-order valence-corrected chi connectivity index (χ3v) is 3.52. The van der Waals surface area contributed by atoms with E-state index in [0.717, 1.165) is 38.3 Å². The molecule has 0 aliphatic rings. The van der Waals surface area contributed by atoms with Gasteiger partial charge in [0.15, 0.2) is 5.82 Å². The summed E-state index contributed by atoms with van der Waals surface area (Å²) in [6.07, 6.45) is 1.79. The third kappa shape index (κ3) is 5.59. The predicted molar refractivity (Wildman–Crippen MR) is 81.7 cm³/mol. The van der Waals surface area contributed by atoms with Crippen LogP contribution >= 0.6 is 0 Å². The van der Waals surface area contributed by atoms with E-state index in [1.807, 2.05) is 0 Å². The van der Waals surface area contributed by atoms with Gasteiger partial charge in [0, 0.05) is 19.5 Å². The predicted octanol–water partition coefficient (Wildman–Crippen LogP) is 2.43.